The number of nitrogens with zero attached hydrogens (tertiary/aromatic N) is 1. The molecule has 0 spiro atoms. The highest BCUT2D eigenvalue weighted by Gasteiger charge is 2.31. The lowest BCUT2D eigenvalue weighted by Crippen LogP contribution is -2.24. The minimum Gasteiger partial charge on any atom is -0.497 e. The number of hydrogen-bond acceptors (Lipinski definition) is 3. The van der Waals surface area contributed by atoms with Gasteiger partial charge in [0.25, 0.3) is 0 Å². The highest BCUT2D eigenvalue weighted by Crippen LogP contribution is 2.41. The number of benzene rings is 1. The molecule has 0 amide bonds. The SMILES string of the molecule is COc1ccc2c(c1)NCCC2C1CCN(C)C1. The molecule has 2 aliphatic heterocycles. The monoisotopic (exact) mass is 246 g/mol. The first-order valence-electron chi connectivity index (χ1n) is 6.88. The van der Waals surface area contributed by atoms with Gasteiger partial charge in [0.1, 0.15) is 5.75 Å². The Hall–Kier alpha value is -1.22. The van der Waals surface area contributed by atoms with Crippen LogP contribution in [0.4, 0.5) is 5.69 Å². The highest BCUT2D eigenvalue weighted by atomic mass is 16.5. The lowest BCUT2D eigenvalue weighted by atomic mass is 9.80. The Morgan fingerprint density at radius 3 is 2.94 bits per heavy atom. The fourth-order valence-corrected chi connectivity index (χ4v) is 3.44. The third kappa shape index (κ3) is 2.07. The van der Waals surface area contributed by atoms with Crippen molar-refractivity contribution in [2.45, 2.75) is 18.8 Å². The molecule has 3 heteroatoms. The van der Waals surface area contributed by atoms with Gasteiger partial charge in [-0.1, -0.05) is 6.07 Å². The van der Waals surface area contributed by atoms with E-state index in [1.165, 1.54) is 37.2 Å². The summed E-state index contributed by atoms with van der Waals surface area (Å²) in [5.74, 6) is 2.49. The number of anilines is 1. The van der Waals surface area contributed by atoms with Crippen molar-refractivity contribution < 1.29 is 4.74 Å². The zero-order valence-corrected chi connectivity index (χ0v) is 11.3. The molecule has 2 aliphatic rings. The number of nitrogens with one attached hydrogen (secondary N) is 1. The molecule has 3 nitrogen and oxygen atoms in total. The number of ether oxygens (including phenoxy) is 1. The van der Waals surface area contributed by atoms with E-state index >= 15 is 0 Å². The molecule has 0 saturated carbocycles. The minimum absolute atomic E-state index is 0.720. The van der Waals surface area contributed by atoms with Crippen LogP contribution in [0, 0.1) is 5.92 Å². The van der Waals surface area contributed by atoms with Crippen LogP contribution in [-0.2, 0) is 0 Å². The van der Waals surface area contributed by atoms with E-state index in [-0.39, 0.29) is 0 Å². The fourth-order valence-electron chi connectivity index (χ4n) is 3.44. The molecule has 1 N–H and O–H groups in total. The normalized spacial score (nSPS) is 27.7. The van der Waals surface area contributed by atoms with Gasteiger partial charge in [-0.15, -0.1) is 0 Å². The minimum atomic E-state index is 0.720. The Balaban J connectivity index is 1.87. The Morgan fingerprint density at radius 2 is 2.22 bits per heavy atom. The van der Waals surface area contributed by atoms with Crippen LogP contribution in [0.2, 0.25) is 0 Å². The van der Waals surface area contributed by atoms with Crippen molar-refractivity contribution in [3.05, 3.63) is 23.8 Å². The van der Waals surface area contributed by atoms with Crippen LogP contribution in [0.25, 0.3) is 0 Å². The van der Waals surface area contributed by atoms with E-state index in [1.807, 2.05) is 0 Å². The predicted molar refractivity (Wildman–Crippen MR) is 74.4 cm³/mol. The van der Waals surface area contributed by atoms with E-state index < -0.39 is 0 Å². The third-order valence-electron chi connectivity index (χ3n) is 4.43. The van der Waals surface area contributed by atoms with Gasteiger partial charge in [-0.25, -0.2) is 0 Å². The fraction of sp³-hybridized carbons (Fsp3) is 0.600. The molecule has 2 heterocycles. The second-order valence-electron chi connectivity index (χ2n) is 5.59. The van der Waals surface area contributed by atoms with E-state index in [0.717, 1.165) is 24.1 Å². The standard InChI is InChI=1S/C15H22N2O/c1-17-8-6-11(10-17)13-5-7-16-15-9-12(18-2)3-4-14(13)15/h3-4,9,11,13,16H,5-8,10H2,1-2H3. The number of methoxy groups -OCH3 is 1. The summed E-state index contributed by atoms with van der Waals surface area (Å²) in [6.45, 7) is 3.58. The van der Waals surface area contributed by atoms with Gasteiger partial charge in [0, 0.05) is 24.8 Å². The summed E-state index contributed by atoms with van der Waals surface area (Å²) in [4.78, 5) is 2.45. The van der Waals surface area contributed by atoms with Crippen molar-refractivity contribution in [3.63, 3.8) is 0 Å². The Morgan fingerprint density at radius 1 is 1.33 bits per heavy atom. The molecule has 0 radical (unpaired) electrons. The molecule has 1 aromatic rings. The largest absolute Gasteiger partial charge is 0.497 e. The van der Waals surface area contributed by atoms with Crippen LogP contribution >= 0.6 is 0 Å². The Bertz CT molecular complexity index is 433. The van der Waals surface area contributed by atoms with Gasteiger partial charge < -0.3 is 15.0 Å². The summed E-state index contributed by atoms with van der Waals surface area (Å²) in [6, 6.07) is 6.49. The molecule has 1 saturated heterocycles. The molecule has 3 rings (SSSR count). The molecule has 0 bridgehead atoms. The second-order valence-corrected chi connectivity index (χ2v) is 5.59. The maximum Gasteiger partial charge on any atom is 0.120 e. The van der Waals surface area contributed by atoms with E-state index in [2.05, 4.69) is 35.5 Å². The van der Waals surface area contributed by atoms with Crippen LogP contribution in [0.3, 0.4) is 0 Å². The summed E-state index contributed by atoms with van der Waals surface area (Å²) in [5, 5.41) is 3.51. The van der Waals surface area contributed by atoms with Crippen molar-refractivity contribution in [2.24, 2.45) is 5.92 Å². The van der Waals surface area contributed by atoms with Crippen LogP contribution in [0.15, 0.2) is 18.2 Å². The van der Waals surface area contributed by atoms with Gasteiger partial charge in [-0.05, 0) is 49.9 Å². The summed E-state index contributed by atoms with van der Waals surface area (Å²) >= 11 is 0. The van der Waals surface area contributed by atoms with E-state index in [1.54, 1.807) is 7.11 Å². The number of rotatable bonds is 2. The van der Waals surface area contributed by atoms with Gasteiger partial charge in [0.05, 0.1) is 7.11 Å². The van der Waals surface area contributed by atoms with Crippen LogP contribution < -0.4 is 10.1 Å². The lowest BCUT2D eigenvalue weighted by Gasteiger charge is -2.31. The molecule has 98 valence electrons. The maximum absolute atomic E-state index is 5.31. The van der Waals surface area contributed by atoms with Crippen molar-refractivity contribution >= 4 is 5.69 Å². The maximum atomic E-state index is 5.31. The number of likely N-dealkylation sites (tertiary alicyclic amines) is 1. The molecule has 2 atom stereocenters. The topological polar surface area (TPSA) is 24.5 Å². The summed E-state index contributed by atoms with van der Waals surface area (Å²) in [7, 11) is 3.96. The van der Waals surface area contributed by atoms with Crippen molar-refractivity contribution in [3.8, 4) is 5.75 Å². The highest BCUT2D eigenvalue weighted by molar-refractivity contribution is 5.58. The van der Waals surface area contributed by atoms with Gasteiger partial charge >= 0.3 is 0 Å². The van der Waals surface area contributed by atoms with Gasteiger partial charge in [-0.3, -0.25) is 0 Å². The smallest absolute Gasteiger partial charge is 0.120 e. The zero-order chi connectivity index (χ0) is 12.5. The first-order valence-corrected chi connectivity index (χ1v) is 6.88. The molecule has 0 aliphatic carbocycles. The Kier molecular flexibility index (Phi) is 3.16. The average molecular weight is 246 g/mol. The number of hydrogen-bond donors (Lipinski definition) is 1. The molecular formula is C15H22N2O. The van der Waals surface area contributed by atoms with Crippen LogP contribution in [-0.4, -0.2) is 38.7 Å². The van der Waals surface area contributed by atoms with Crippen molar-refractivity contribution in [2.75, 3.05) is 39.1 Å². The van der Waals surface area contributed by atoms with Gasteiger partial charge in [0.2, 0.25) is 0 Å². The Labute approximate surface area is 109 Å². The predicted octanol–water partition coefficient (Wildman–Crippen LogP) is 2.55. The lowest BCUT2D eigenvalue weighted by molar-refractivity contribution is 0.361. The van der Waals surface area contributed by atoms with E-state index in [9.17, 15) is 0 Å². The average Bonchev–Trinajstić information content (AvgIpc) is 2.84. The summed E-state index contributed by atoms with van der Waals surface area (Å²) in [6.07, 6.45) is 2.60. The van der Waals surface area contributed by atoms with Crippen molar-refractivity contribution in [1.29, 1.82) is 0 Å². The number of fused-ring (bicyclic) bond motifs is 1. The van der Waals surface area contributed by atoms with Crippen LogP contribution in [0.1, 0.15) is 24.3 Å². The third-order valence-corrected chi connectivity index (χ3v) is 4.43. The van der Waals surface area contributed by atoms with Crippen molar-refractivity contribution in [1.82, 2.24) is 4.90 Å². The summed E-state index contributed by atoms with van der Waals surface area (Å²) in [5.41, 5.74) is 2.77. The summed E-state index contributed by atoms with van der Waals surface area (Å²) < 4.78 is 5.31. The zero-order valence-electron chi connectivity index (χ0n) is 11.3. The molecule has 1 fully saturated rings. The molecular weight excluding hydrogens is 224 g/mol. The second kappa shape index (κ2) is 4.81. The van der Waals surface area contributed by atoms with E-state index in [4.69, 9.17) is 4.74 Å². The molecule has 0 aromatic heterocycles. The van der Waals surface area contributed by atoms with Gasteiger partial charge in [0.15, 0.2) is 0 Å². The first kappa shape index (κ1) is 11.8. The van der Waals surface area contributed by atoms with E-state index in [0.29, 0.717) is 0 Å². The van der Waals surface area contributed by atoms with Crippen LogP contribution in [0.5, 0.6) is 5.75 Å². The first-order chi connectivity index (χ1) is 8.78. The van der Waals surface area contributed by atoms with Gasteiger partial charge in [-0.2, -0.15) is 0 Å². The molecule has 2 unspecified atom stereocenters. The quantitative estimate of drug-likeness (QED) is 0.868. The molecule has 1 aromatic carbocycles. The molecule has 18 heavy (non-hydrogen) atoms.